The SMILES string of the molecule is CC(=O)c1cccc(Nc2ccc(S(=O)(=O)N3CCC[C@H](C)C3)cc2[N+](=O)[O-])c1. The molecule has 1 aliphatic heterocycles. The molecule has 1 saturated heterocycles. The van der Waals surface area contributed by atoms with E-state index in [0.717, 1.165) is 18.9 Å². The summed E-state index contributed by atoms with van der Waals surface area (Å²) in [4.78, 5) is 22.4. The molecule has 1 fully saturated rings. The van der Waals surface area contributed by atoms with Crippen molar-refractivity contribution in [1.29, 1.82) is 0 Å². The Morgan fingerprint density at radius 1 is 1.24 bits per heavy atom. The molecule has 2 aromatic carbocycles. The van der Waals surface area contributed by atoms with Gasteiger partial charge in [0.15, 0.2) is 5.78 Å². The number of nitrogens with one attached hydrogen (secondary N) is 1. The number of nitro benzene ring substituents is 1. The number of hydrogen-bond acceptors (Lipinski definition) is 6. The number of anilines is 2. The zero-order valence-corrected chi connectivity index (χ0v) is 17.1. The summed E-state index contributed by atoms with van der Waals surface area (Å²) in [7, 11) is -3.80. The first kappa shape index (κ1) is 20.9. The van der Waals surface area contributed by atoms with Gasteiger partial charge in [0.1, 0.15) is 5.69 Å². The quantitative estimate of drug-likeness (QED) is 0.433. The maximum Gasteiger partial charge on any atom is 0.294 e. The zero-order chi connectivity index (χ0) is 21.2. The van der Waals surface area contributed by atoms with E-state index in [1.54, 1.807) is 24.3 Å². The number of carbonyl (C=O) groups excluding carboxylic acids is 1. The fourth-order valence-corrected chi connectivity index (χ4v) is 5.03. The van der Waals surface area contributed by atoms with Crippen molar-refractivity contribution in [2.24, 2.45) is 5.92 Å². The molecule has 1 N–H and O–H groups in total. The monoisotopic (exact) mass is 417 g/mol. The molecule has 3 rings (SSSR count). The Bertz CT molecular complexity index is 1050. The Morgan fingerprint density at radius 2 is 2.00 bits per heavy atom. The fourth-order valence-electron chi connectivity index (χ4n) is 3.41. The highest BCUT2D eigenvalue weighted by Crippen LogP contribution is 2.32. The number of rotatable bonds is 6. The second-order valence-electron chi connectivity index (χ2n) is 7.31. The van der Waals surface area contributed by atoms with E-state index in [-0.39, 0.29) is 28.0 Å². The van der Waals surface area contributed by atoms with Crippen molar-refractivity contribution >= 4 is 32.9 Å². The van der Waals surface area contributed by atoms with Crippen molar-refractivity contribution in [3.05, 3.63) is 58.1 Å². The maximum absolute atomic E-state index is 12.9. The van der Waals surface area contributed by atoms with Gasteiger partial charge < -0.3 is 5.32 Å². The molecule has 1 aliphatic rings. The number of nitro groups is 1. The van der Waals surface area contributed by atoms with Crippen LogP contribution in [0.15, 0.2) is 47.4 Å². The average Bonchev–Trinajstić information content (AvgIpc) is 2.68. The van der Waals surface area contributed by atoms with Gasteiger partial charge >= 0.3 is 0 Å². The molecular formula is C20H23N3O5S. The minimum absolute atomic E-state index is 0.0960. The second-order valence-corrected chi connectivity index (χ2v) is 9.25. The van der Waals surface area contributed by atoms with Gasteiger partial charge in [0.25, 0.3) is 5.69 Å². The minimum Gasteiger partial charge on any atom is -0.350 e. The van der Waals surface area contributed by atoms with Gasteiger partial charge in [0.05, 0.1) is 9.82 Å². The van der Waals surface area contributed by atoms with E-state index in [4.69, 9.17) is 0 Å². The number of piperidine rings is 1. The number of ketones is 1. The second kappa shape index (κ2) is 8.30. The molecule has 154 valence electrons. The van der Waals surface area contributed by atoms with Gasteiger partial charge in [-0.1, -0.05) is 19.1 Å². The smallest absolute Gasteiger partial charge is 0.294 e. The first-order valence-corrected chi connectivity index (χ1v) is 10.8. The molecule has 0 radical (unpaired) electrons. The molecule has 29 heavy (non-hydrogen) atoms. The van der Waals surface area contributed by atoms with E-state index in [0.29, 0.717) is 24.3 Å². The van der Waals surface area contributed by atoms with Crippen LogP contribution < -0.4 is 5.32 Å². The van der Waals surface area contributed by atoms with Crippen LogP contribution in [-0.4, -0.2) is 36.5 Å². The number of Topliss-reactive ketones (excluding diaryl/α,β-unsaturated/α-hetero) is 1. The van der Waals surface area contributed by atoms with Crippen molar-refractivity contribution in [2.75, 3.05) is 18.4 Å². The summed E-state index contributed by atoms with van der Waals surface area (Å²) >= 11 is 0. The van der Waals surface area contributed by atoms with Gasteiger partial charge in [-0.25, -0.2) is 8.42 Å². The minimum atomic E-state index is -3.80. The lowest BCUT2D eigenvalue weighted by Gasteiger charge is -2.30. The van der Waals surface area contributed by atoms with Crippen molar-refractivity contribution in [2.45, 2.75) is 31.6 Å². The topological polar surface area (TPSA) is 110 Å². The van der Waals surface area contributed by atoms with Crippen LogP contribution in [0.25, 0.3) is 0 Å². The van der Waals surface area contributed by atoms with Crippen LogP contribution in [-0.2, 0) is 10.0 Å². The average molecular weight is 417 g/mol. The largest absolute Gasteiger partial charge is 0.350 e. The van der Waals surface area contributed by atoms with Gasteiger partial charge in [-0.3, -0.25) is 14.9 Å². The predicted molar refractivity (Wildman–Crippen MR) is 110 cm³/mol. The third kappa shape index (κ3) is 4.63. The van der Waals surface area contributed by atoms with Crippen LogP contribution >= 0.6 is 0 Å². The summed E-state index contributed by atoms with van der Waals surface area (Å²) in [6.07, 6.45) is 1.74. The Labute approximate surface area is 169 Å². The molecule has 0 aromatic heterocycles. The molecule has 0 unspecified atom stereocenters. The summed E-state index contributed by atoms with van der Waals surface area (Å²) in [5, 5.41) is 14.5. The molecule has 0 saturated carbocycles. The fraction of sp³-hybridized carbons (Fsp3) is 0.350. The molecule has 0 amide bonds. The molecule has 0 bridgehead atoms. The summed E-state index contributed by atoms with van der Waals surface area (Å²) in [5.41, 5.74) is 0.781. The molecular weight excluding hydrogens is 394 g/mol. The van der Waals surface area contributed by atoms with Crippen LogP contribution in [0.5, 0.6) is 0 Å². The van der Waals surface area contributed by atoms with Crippen LogP contribution in [0.3, 0.4) is 0 Å². The third-order valence-electron chi connectivity index (χ3n) is 4.97. The highest BCUT2D eigenvalue weighted by atomic mass is 32.2. The van der Waals surface area contributed by atoms with Gasteiger partial charge in [0, 0.05) is 30.4 Å². The van der Waals surface area contributed by atoms with Gasteiger partial charge in [-0.05, 0) is 49.9 Å². The van der Waals surface area contributed by atoms with Crippen molar-refractivity contribution < 1.29 is 18.1 Å². The number of carbonyl (C=O) groups is 1. The molecule has 8 nitrogen and oxygen atoms in total. The number of nitrogens with zero attached hydrogens (tertiary/aromatic N) is 2. The van der Waals surface area contributed by atoms with Crippen LogP contribution in [0.2, 0.25) is 0 Å². The molecule has 2 aromatic rings. The van der Waals surface area contributed by atoms with Crippen LogP contribution in [0, 0.1) is 16.0 Å². The lowest BCUT2D eigenvalue weighted by molar-refractivity contribution is -0.384. The normalized spacial score (nSPS) is 17.7. The van der Waals surface area contributed by atoms with E-state index < -0.39 is 14.9 Å². The van der Waals surface area contributed by atoms with Crippen molar-refractivity contribution in [3.63, 3.8) is 0 Å². The van der Waals surface area contributed by atoms with Crippen LogP contribution in [0.4, 0.5) is 17.1 Å². The Kier molecular flexibility index (Phi) is 5.99. The summed E-state index contributed by atoms with van der Waals surface area (Å²) < 4.78 is 27.3. The number of sulfonamides is 1. The molecule has 9 heteroatoms. The number of benzene rings is 2. The maximum atomic E-state index is 12.9. The van der Waals surface area contributed by atoms with Crippen LogP contribution in [0.1, 0.15) is 37.0 Å². The van der Waals surface area contributed by atoms with E-state index in [1.165, 1.54) is 23.4 Å². The van der Waals surface area contributed by atoms with E-state index >= 15 is 0 Å². The third-order valence-corrected chi connectivity index (χ3v) is 6.83. The lowest BCUT2D eigenvalue weighted by atomic mass is 10.0. The van der Waals surface area contributed by atoms with Gasteiger partial charge in [-0.2, -0.15) is 4.31 Å². The van der Waals surface area contributed by atoms with Gasteiger partial charge in [-0.15, -0.1) is 0 Å². The van der Waals surface area contributed by atoms with Gasteiger partial charge in [0.2, 0.25) is 10.0 Å². The summed E-state index contributed by atoms with van der Waals surface area (Å²) in [6.45, 7) is 4.25. The summed E-state index contributed by atoms with van der Waals surface area (Å²) in [6, 6.07) is 10.4. The van der Waals surface area contributed by atoms with E-state index in [2.05, 4.69) is 5.32 Å². The van der Waals surface area contributed by atoms with Crippen molar-refractivity contribution in [3.8, 4) is 0 Å². The Balaban J connectivity index is 1.94. The molecule has 1 atom stereocenters. The molecule has 1 heterocycles. The zero-order valence-electron chi connectivity index (χ0n) is 16.3. The summed E-state index contributed by atoms with van der Waals surface area (Å²) in [5.74, 6) is 0.128. The Hall–Kier alpha value is -2.78. The van der Waals surface area contributed by atoms with E-state index in [9.17, 15) is 23.3 Å². The Morgan fingerprint density at radius 3 is 2.66 bits per heavy atom. The first-order valence-electron chi connectivity index (χ1n) is 9.35. The lowest BCUT2D eigenvalue weighted by Crippen LogP contribution is -2.39. The highest BCUT2D eigenvalue weighted by Gasteiger charge is 2.30. The van der Waals surface area contributed by atoms with Crippen molar-refractivity contribution in [1.82, 2.24) is 4.31 Å². The van der Waals surface area contributed by atoms with E-state index in [1.807, 2.05) is 6.92 Å². The standard InChI is InChI=1S/C20H23N3O5S/c1-14-5-4-10-22(13-14)29(27,28)18-8-9-19(20(12-18)23(25)26)21-17-7-3-6-16(11-17)15(2)24/h3,6-9,11-12,14,21H,4-5,10,13H2,1-2H3/t14-/m0/s1. The predicted octanol–water partition coefficient (Wildman–Crippen LogP) is 3.96. The highest BCUT2D eigenvalue weighted by molar-refractivity contribution is 7.89. The first-order chi connectivity index (χ1) is 13.7. The molecule has 0 spiro atoms. The number of hydrogen-bond donors (Lipinski definition) is 1. The molecule has 0 aliphatic carbocycles.